The van der Waals surface area contributed by atoms with Crippen molar-refractivity contribution in [3.63, 3.8) is 0 Å². The van der Waals surface area contributed by atoms with E-state index in [1.165, 1.54) is 51.4 Å². The van der Waals surface area contributed by atoms with Gasteiger partial charge in [0.2, 0.25) is 0 Å². The van der Waals surface area contributed by atoms with Crippen LogP contribution in [0.1, 0.15) is 77.6 Å². The molecular formula is C13H29AsO3. The van der Waals surface area contributed by atoms with Gasteiger partial charge in [-0.15, -0.1) is 0 Å². The average Bonchev–Trinajstić information content (AvgIpc) is 2.24. The monoisotopic (exact) mass is 308 g/mol. The molecule has 3 nitrogen and oxygen atoms in total. The summed E-state index contributed by atoms with van der Waals surface area (Å²) in [5, 5.41) is 0.120. The van der Waals surface area contributed by atoms with E-state index >= 15 is 0 Å². The Morgan fingerprint density at radius 1 is 0.706 bits per heavy atom. The van der Waals surface area contributed by atoms with Crippen LogP contribution in [-0.4, -0.2) is 22.4 Å². The summed E-state index contributed by atoms with van der Waals surface area (Å²) in [6, 6.07) is 0. The molecule has 0 aromatic carbocycles. The normalized spacial score (nSPS) is 11.9. The molecule has 0 aliphatic carbocycles. The summed E-state index contributed by atoms with van der Waals surface area (Å²) < 4.78 is 28.1. The summed E-state index contributed by atoms with van der Waals surface area (Å²) in [7, 11) is 0. The van der Waals surface area contributed by atoms with Gasteiger partial charge in [-0.2, -0.15) is 0 Å². The fourth-order valence-corrected chi connectivity index (χ4v) is 3.32. The second-order valence-electron chi connectivity index (χ2n) is 4.92. The van der Waals surface area contributed by atoms with Crippen molar-refractivity contribution in [3.05, 3.63) is 0 Å². The summed E-state index contributed by atoms with van der Waals surface area (Å²) in [5.41, 5.74) is 0. The molecule has 104 valence electrons. The molecule has 0 fully saturated rings. The van der Waals surface area contributed by atoms with Crippen LogP contribution in [0.15, 0.2) is 0 Å². The van der Waals surface area contributed by atoms with E-state index in [0.717, 1.165) is 12.8 Å². The molecule has 0 saturated carbocycles. The van der Waals surface area contributed by atoms with Crippen molar-refractivity contribution >= 4 is 14.2 Å². The SMILES string of the molecule is CCCCCCCCCCCCC[As](=O)(O)O. The summed E-state index contributed by atoms with van der Waals surface area (Å²) in [4.78, 5) is 0. The molecule has 0 amide bonds. The van der Waals surface area contributed by atoms with Crippen molar-refractivity contribution in [3.8, 4) is 0 Å². The molecule has 0 aliphatic heterocycles. The first-order chi connectivity index (χ1) is 8.06. The van der Waals surface area contributed by atoms with Crippen molar-refractivity contribution in [2.24, 2.45) is 0 Å². The Hall–Kier alpha value is 0.278. The Morgan fingerprint density at radius 3 is 1.41 bits per heavy atom. The molecule has 0 unspecified atom stereocenters. The Kier molecular flexibility index (Phi) is 11.6. The molecule has 0 bridgehead atoms. The van der Waals surface area contributed by atoms with Gasteiger partial charge in [0, 0.05) is 0 Å². The molecule has 0 atom stereocenters. The number of unbranched alkanes of at least 4 members (excludes halogenated alkanes) is 10. The third-order valence-electron chi connectivity index (χ3n) is 3.05. The maximum atomic E-state index is 10.6. The molecule has 0 rings (SSSR count). The third kappa shape index (κ3) is 16.3. The van der Waals surface area contributed by atoms with Gasteiger partial charge < -0.3 is 0 Å². The van der Waals surface area contributed by atoms with Crippen molar-refractivity contribution in [2.45, 2.75) is 82.8 Å². The molecule has 0 radical (unpaired) electrons. The van der Waals surface area contributed by atoms with Crippen molar-refractivity contribution < 1.29 is 11.9 Å². The zero-order valence-corrected chi connectivity index (χ0v) is 13.1. The summed E-state index contributed by atoms with van der Waals surface area (Å²) in [5.74, 6) is 0. The van der Waals surface area contributed by atoms with Crippen LogP contribution in [-0.2, 0) is 3.74 Å². The third-order valence-corrected chi connectivity index (χ3v) is 4.94. The molecule has 0 aromatic rings. The summed E-state index contributed by atoms with van der Waals surface area (Å²) in [6.45, 7) is 2.24. The van der Waals surface area contributed by atoms with Gasteiger partial charge in [-0.3, -0.25) is 0 Å². The van der Waals surface area contributed by atoms with Crippen LogP contribution >= 0.6 is 0 Å². The minimum atomic E-state index is -4.31. The van der Waals surface area contributed by atoms with Crippen LogP contribution in [0.4, 0.5) is 0 Å². The predicted octanol–water partition coefficient (Wildman–Crippen LogP) is 3.65. The van der Waals surface area contributed by atoms with E-state index in [2.05, 4.69) is 6.92 Å². The van der Waals surface area contributed by atoms with E-state index in [4.69, 9.17) is 8.19 Å². The van der Waals surface area contributed by atoms with Gasteiger partial charge in [0.25, 0.3) is 0 Å². The van der Waals surface area contributed by atoms with E-state index < -0.39 is 14.2 Å². The van der Waals surface area contributed by atoms with Crippen LogP contribution in [0.5, 0.6) is 0 Å². The van der Waals surface area contributed by atoms with Gasteiger partial charge in [-0.25, -0.2) is 0 Å². The quantitative estimate of drug-likeness (QED) is 0.427. The predicted molar refractivity (Wildman–Crippen MR) is 72.1 cm³/mol. The van der Waals surface area contributed by atoms with Gasteiger partial charge in [0.15, 0.2) is 0 Å². The Labute approximate surface area is 109 Å². The molecule has 2 N–H and O–H groups in total. The van der Waals surface area contributed by atoms with E-state index in [0.29, 0.717) is 6.42 Å². The molecule has 0 aliphatic rings. The molecule has 0 aromatic heterocycles. The maximum absolute atomic E-state index is 10.6. The van der Waals surface area contributed by atoms with Crippen molar-refractivity contribution in [1.29, 1.82) is 0 Å². The zero-order valence-electron chi connectivity index (χ0n) is 11.2. The Morgan fingerprint density at radius 2 is 1.06 bits per heavy atom. The number of hydrogen-bond acceptors (Lipinski definition) is 1. The van der Waals surface area contributed by atoms with Gasteiger partial charge in [0.05, 0.1) is 0 Å². The van der Waals surface area contributed by atoms with Crippen LogP contribution in [0.3, 0.4) is 0 Å². The standard InChI is InChI=1S/C13H29AsO3/c1-2-3-4-5-6-7-8-9-10-11-12-13-14(15,16)17/h2-13H2,1H3,(H2,15,16,17). The minimum absolute atomic E-state index is 0.120. The van der Waals surface area contributed by atoms with Crippen LogP contribution in [0.2, 0.25) is 5.21 Å². The molecule has 4 heteroatoms. The fourth-order valence-electron chi connectivity index (χ4n) is 1.98. The summed E-state index contributed by atoms with van der Waals surface area (Å²) in [6.07, 6.45) is 13.4. The Balaban J connectivity index is 3.01. The van der Waals surface area contributed by atoms with Gasteiger partial charge >= 0.3 is 102 Å². The summed E-state index contributed by atoms with van der Waals surface area (Å²) >= 11 is -4.31. The second kappa shape index (κ2) is 11.4. The second-order valence-corrected chi connectivity index (χ2v) is 8.65. The van der Waals surface area contributed by atoms with Crippen LogP contribution in [0, 0.1) is 0 Å². The van der Waals surface area contributed by atoms with Crippen molar-refractivity contribution in [1.82, 2.24) is 0 Å². The van der Waals surface area contributed by atoms with Crippen LogP contribution < -0.4 is 0 Å². The first-order valence-electron chi connectivity index (χ1n) is 7.11. The van der Waals surface area contributed by atoms with Gasteiger partial charge in [-0.1, -0.05) is 6.92 Å². The molecule has 0 saturated heterocycles. The van der Waals surface area contributed by atoms with Crippen LogP contribution in [0.25, 0.3) is 0 Å². The van der Waals surface area contributed by atoms with E-state index in [1.54, 1.807) is 0 Å². The van der Waals surface area contributed by atoms with Gasteiger partial charge in [0.1, 0.15) is 0 Å². The van der Waals surface area contributed by atoms with E-state index in [-0.39, 0.29) is 5.21 Å². The topological polar surface area (TPSA) is 57.5 Å². The molecule has 0 heterocycles. The Bertz CT molecular complexity index is 201. The molecular weight excluding hydrogens is 279 g/mol. The number of hydrogen-bond donors (Lipinski definition) is 2. The zero-order chi connectivity index (χ0) is 13.0. The first-order valence-corrected chi connectivity index (χ1v) is 10.9. The van der Waals surface area contributed by atoms with E-state index in [9.17, 15) is 3.74 Å². The molecule has 17 heavy (non-hydrogen) atoms. The van der Waals surface area contributed by atoms with Gasteiger partial charge in [-0.05, 0) is 0 Å². The molecule has 0 spiro atoms. The van der Waals surface area contributed by atoms with Crippen molar-refractivity contribution in [2.75, 3.05) is 0 Å². The number of rotatable bonds is 12. The first kappa shape index (κ1) is 17.3. The fraction of sp³-hybridized carbons (Fsp3) is 1.00. The van der Waals surface area contributed by atoms with E-state index in [1.807, 2.05) is 0 Å². The average molecular weight is 308 g/mol.